The molecule has 1 heterocycles. The van der Waals surface area contributed by atoms with Crippen LogP contribution in [0.4, 0.5) is 0 Å². The minimum absolute atomic E-state index is 0.0110. The van der Waals surface area contributed by atoms with Gasteiger partial charge < -0.3 is 9.84 Å². The fraction of sp³-hybridized carbons (Fsp3) is 0.818. The van der Waals surface area contributed by atoms with Crippen molar-refractivity contribution in [2.75, 3.05) is 26.0 Å². The van der Waals surface area contributed by atoms with Crippen molar-refractivity contribution in [1.29, 1.82) is 0 Å². The number of aliphatic carboxylic acids is 1. The number of nitrogens with zero attached hydrogens (tertiary/aromatic N) is 1. The van der Waals surface area contributed by atoms with Gasteiger partial charge in [-0.05, 0) is 12.3 Å². The number of rotatable bonds is 6. The van der Waals surface area contributed by atoms with Crippen molar-refractivity contribution in [3.05, 3.63) is 0 Å². The van der Waals surface area contributed by atoms with E-state index in [2.05, 4.69) is 4.74 Å². The summed E-state index contributed by atoms with van der Waals surface area (Å²) in [5.41, 5.74) is 0. The largest absolute Gasteiger partial charge is 0.481 e. The Morgan fingerprint density at radius 2 is 2.00 bits per heavy atom. The van der Waals surface area contributed by atoms with E-state index in [4.69, 9.17) is 5.11 Å². The van der Waals surface area contributed by atoms with Crippen molar-refractivity contribution in [3.8, 4) is 0 Å². The first-order valence-corrected chi connectivity index (χ1v) is 7.66. The van der Waals surface area contributed by atoms with Gasteiger partial charge in [0.2, 0.25) is 10.0 Å². The standard InChI is InChI=1S/C11H19NO6S/c1-8-6-12(7-9(8)11(14)15)19(16,17)5-3-4-10(13)18-2/h8-9H,3-7H2,1-2H3,(H,14,15)/t8-,9-/m1/s1. The highest BCUT2D eigenvalue weighted by molar-refractivity contribution is 7.89. The average Bonchev–Trinajstić information content (AvgIpc) is 2.71. The predicted molar refractivity (Wildman–Crippen MR) is 66.9 cm³/mol. The number of hydrogen-bond acceptors (Lipinski definition) is 5. The fourth-order valence-electron chi connectivity index (χ4n) is 2.10. The van der Waals surface area contributed by atoms with Crippen LogP contribution in [0, 0.1) is 11.8 Å². The molecule has 1 aliphatic heterocycles. The molecule has 0 aromatic rings. The van der Waals surface area contributed by atoms with Crippen LogP contribution in [0.1, 0.15) is 19.8 Å². The summed E-state index contributed by atoms with van der Waals surface area (Å²) >= 11 is 0. The number of hydrogen-bond donors (Lipinski definition) is 1. The molecule has 110 valence electrons. The van der Waals surface area contributed by atoms with E-state index in [-0.39, 0.29) is 37.6 Å². The van der Waals surface area contributed by atoms with Crippen LogP contribution in [0.15, 0.2) is 0 Å². The summed E-state index contributed by atoms with van der Waals surface area (Å²) in [5.74, 6) is -2.45. The summed E-state index contributed by atoms with van der Waals surface area (Å²) in [6.07, 6.45) is 0.221. The summed E-state index contributed by atoms with van der Waals surface area (Å²) in [5, 5.41) is 8.97. The Morgan fingerprint density at radius 1 is 1.37 bits per heavy atom. The smallest absolute Gasteiger partial charge is 0.308 e. The van der Waals surface area contributed by atoms with Gasteiger partial charge in [0.1, 0.15) is 0 Å². The van der Waals surface area contributed by atoms with Crippen LogP contribution < -0.4 is 0 Å². The minimum Gasteiger partial charge on any atom is -0.481 e. The number of carbonyl (C=O) groups excluding carboxylic acids is 1. The number of carboxylic acids is 1. The van der Waals surface area contributed by atoms with Crippen molar-refractivity contribution in [2.45, 2.75) is 19.8 Å². The van der Waals surface area contributed by atoms with Gasteiger partial charge in [0.15, 0.2) is 0 Å². The number of carboxylic acid groups (broad SMARTS) is 1. The topological polar surface area (TPSA) is 101 Å². The molecule has 0 spiro atoms. The fourth-order valence-corrected chi connectivity index (χ4v) is 3.72. The maximum atomic E-state index is 12.0. The summed E-state index contributed by atoms with van der Waals surface area (Å²) in [6, 6.07) is 0. The van der Waals surface area contributed by atoms with E-state index in [1.54, 1.807) is 6.92 Å². The van der Waals surface area contributed by atoms with E-state index in [1.165, 1.54) is 11.4 Å². The van der Waals surface area contributed by atoms with E-state index >= 15 is 0 Å². The molecule has 0 radical (unpaired) electrons. The van der Waals surface area contributed by atoms with Gasteiger partial charge in [0, 0.05) is 19.5 Å². The molecule has 8 heteroatoms. The number of carbonyl (C=O) groups is 2. The Morgan fingerprint density at radius 3 is 2.47 bits per heavy atom. The molecule has 0 amide bonds. The second-order valence-corrected chi connectivity index (χ2v) is 6.82. The quantitative estimate of drug-likeness (QED) is 0.687. The van der Waals surface area contributed by atoms with Gasteiger partial charge in [0.25, 0.3) is 0 Å². The molecule has 1 fully saturated rings. The zero-order chi connectivity index (χ0) is 14.6. The van der Waals surface area contributed by atoms with E-state index in [9.17, 15) is 18.0 Å². The average molecular weight is 293 g/mol. The molecule has 7 nitrogen and oxygen atoms in total. The van der Waals surface area contributed by atoms with Crippen LogP contribution in [-0.4, -0.2) is 55.7 Å². The molecule has 1 N–H and O–H groups in total. The molecular weight excluding hydrogens is 274 g/mol. The van der Waals surface area contributed by atoms with Gasteiger partial charge in [0.05, 0.1) is 18.8 Å². The first-order chi connectivity index (χ1) is 8.77. The van der Waals surface area contributed by atoms with Crippen molar-refractivity contribution >= 4 is 22.0 Å². The highest BCUT2D eigenvalue weighted by atomic mass is 32.2. The van der Waals surface area contributed by atoms with Crippen LogP contribution in [0.5, 0.6) is 0 Å². The molecule has 2 atom stereocenters. The predicted octanol–water partition coefficient (Wildman–Crippen LogP) is -0.0781. The monoisotopic (exact) mass is 293 g/mol. The second-order valence-electron chi connectivity index (χ2n) is 4.73. The molecule has 1 aliphatic rings. The normalized spacial score (nSPS) is 24.3. The molecule has 19 heavy (non-hydrogen) atoms. The Kier molecular flexibility index (Phi) is 5.30. The molecule has 1 saturated heterocycles. The summed E-state index contributed by atoms with van der Waals surface area (Å²) in [6.45, 7) is 1.96. The summed E-state index contributed by atoms with van der Waals surface area (Å²) in [4.78, 5) is 21.8. The Hall–Kier alpha value is -1.15. The molecule has 0 aliphatic carbocycles. The lowest BCUT2D eigenvalue weighted by atomic mass is 9.99. The third kappa shape index (κ3) is 4.17. The Labute approximate surface area is 112 Å². The van der Waals surface area contributed by atoms with Gasteiger partial charge in [-0.25, -0.2) is 12.7 Å². The SMILES string of the molecule is COC(=O)CCCS(=O)(=O)N1C[C@@H](C)[C@H](C(=O)O)C1. The Bertz CT molecular complexity index is 446. The van der Waals surface area contributed by atoms with E-state index in [0.717, 1.165) is 0 Å². The number of ether oxygens (including phenoxy) is 1. The maximum Gasteiger partial charge on any atom is 0.308 e. The molecule has 0 unspecified atom stereocenters. The van der Waals surface area contributed by atoms with E-state index in [0.29, 0.717) is 0 Å². The lowest BCUT2D eigenvalue weighted by Gasteiger charge is -2.15. The van der Waals surface area contributed by atoms with Crippen LogP contribution in [-0.2, 0) is 24.3 Å². The zero-order valence-electron chi connectivity index (χ0n) is 11.0. The highest BCUT2D eigenvalue weighted by Gasteiger charge is 2.39. The van der Waals surface area contributed by atoms with Crippen LogP contribution in [0.2, 0.25) is 0 Å². The molecule has 1 rings (SSSR count). The first-order valence-electron chi connectivity index (χ1n) is 6.05. The molecular formula is C11H19NO6S. The lowest BCUT2D eigenvalue weighted by Crippen LogP contribution is -2.32. The van der Waals surface area contributed by atoms with Gasteiger partial charge >= 0.3 is 11.9 Å². The third-order valence-corrected chi connectivity index (χ3v) is 5.19. The van der Waals surface area contributed by atoms with Crippen LogP contribution >= 0.6 is 0 Å². The summed E-state index contributed by atoms with van der Waals surface area (Å²) in [7, 11) is -2.25. The van der Waals surface area contributed by atoms with Crippen molar-refractivity contribution in [2.24, 2.45) is 11.8 Å². The maximum absolute atomic E-state index is 12.0. The number of sulfonamides is 1. The highest BCUT2D eigenvalue weighted by Crippen LogP contribution is 2.26. The lowest BCUT2D eigenvalue weighted by molar-refractivity contribution is -0.142. The zero-order valence-corrected chi connectivity index (χ0v) is 11.9. The third-order valence-electron chi connectivity index (χ3n) is 3.30. The second kappa shape index (κ2) is 6.33. The number of esters is 1. The Balaban J connectivity index is 2.55. The van der Waals surface area contributed by atoms with Crippen molar-refractivity contribution < 1.29 is 27.9 Å². The molecule has 0 aromatic heterocycles. The summed E-state index contributed by atoms with van der Waals surface area (Å²) < 4.78 is 29.6. The minimum atomic E-state index is -3.50. The van der Waals surface area contributed by atoms with Gasteiger partial charge in [-0.3, -0.25) is 9.59 Å². The van der Waals surface area contributed by atoms with Crippen molar-refractivity contribution in [1.82, 2.24) is 4.31 Å². The van der Waals surface area contributed by atoms with Crippen molar-refractivity contribution in [3.63, 3.8) is 0 Å². The van der Waals surface area contributed by atoms with E-state index in [1.807, 2.05) is 0 Å². The van der Waals surface area contributed by atoms with Gasteiger partial charge in [-0.15, -0.1) is 0 Å². The first kappa shape index (κ1) is 15.9. The van der Waals surface area contributed by atoms with E-state index < -0.39 is 27.9 Å². The van der Waals surface area contributed by atoms with Crippen LogP contribution in [0.3, 0.4) is 0 Å². The van der Waals surface area contributed by atoms with Gasteiger partial charge in [-0.1, -0.05) is 6.92 Å². The molecule has 0 saturated carbocycles. The van der Waals surface area contributed by atoms with Gasteiger partial charge in [-0.2, -0.15) is 0 Å². The molecule has 0 bridgehead atoms. The molecule has 0 aromatic carbocycles. The van der Waals surface area contributed by atoms with Crippen LogP contribution in [0.25, 0.3) is 0 Å². The number of methoxy groups -OCH3 is 1.